The molecule has 1 heterocycles. The second kappa shape index (κ2) is 4.90. The fourth-order valence-electron chi connectivity index (χ4n) is 2.22. The second-order valence-corrected chi connectivity index (χ2v) is 7.22. The maximum atomic E-state index is 12.4. The summed E-state index contributed by atoms with van der Waals surface area (Å²) in [5.74, 6) is 0.317. The molecule has 5 heteroatoms. The van der Waals surface area contributed by atoms with Crippen molar-refractivity contribution in [2.45, 2.75) is 25.2 Å². The van der Waals surface area contributed by atoms with Gasteiger partial charge >= 0.3 is 0 Å². The molecule has 0 saturated heterocycles. The van der Waals surface area contributed by atoms with E-state index in [0.717, 1.165) is 18.7 Å². The fourth-order valence-corrected chi connectivity index (χ4v) is 3.58. The lowest BCUT2D eigenvalue weighted by atomic mass is 10.2. The molecule has 0 atom stereocenters. The van der Waals surface area contributed by atoms with E-state index < -0.39 is 10.0 Å². The molecule has 1 aromatic carbocycles. The van der Waals surface area contributed by atoms with Crippen LogP contribution in [0.25, 0.3) is 0 Å². The lowest BCUT2D eigenvalue weighted by Crippen LogP contribution is -2.30. The van der Waals surface area contributed by atoms with Crippen molar-refractivity contribution in [3.8, 4) is 0 Å². The summed E-state index contributed by atoms with van der Waals surface area (Å²) < 4.78 is 26.2. The Balaban J connectivity index is 2.30. The molecule has 0 fully saturated rings. The van der Waals surface area contributed by atoms with Crippen molar-refractivity contribution in [3.05, 3.63) is 23.8 Å². The molecule has 4 nitrogen and oxygen atoms in total. The Morgan fingerprint density at radius 3 is 2.78 bits per heavy atom. The van der Waals surface area contributed by atoms with Crippen LogP contribution in [0.1, 0.15) is 19.4 Å². The molecule has 0 aliphatic carbocycles. The van der Waals surface area contributed by atoms with Gasteiger partial charge in [-0.05, 0) is 30.0 Å². The zero-order chi connectivity index (χ0) is 13.3. The summed E-state index contributed by atoms with van der Waals surface area (Å²) in [5.41, 5.74) is 2.15. The maximum absolute atomic E-state index is 12.4. The van der Waals surface area contributed by atoms with E-state index in [2.05, 4.69) is 5.32 Å². The maximum Gasteiger partial charge on any atom is 0.242 e. The highest BCUT2D eigenvalue weighted by molar-refractivity contribution is 7.89. The zero-order valence-corrected chi connectivity index (χ0v) is 11.9. The van der Waals surface area contributed by atoms with E-state index in [1.807, 2.05) is 19.9 Å². The van der Waals surface area contributed by atoms with Gasteiger partial charge in [0, 0.05) is 25.8 Å². The monoisotopic (exact) mass is 268 g/mol. The predicted octanol–water partition coefficient (Wildman–Crippen LogP) is 1.93. The molecule has 0 unspecified atom stereocenters. The summed E-state index contributed by atoms with van der Waals surface area (Å²) in [6, 6.07) is 5.36. The quantitative estimate of drug-likeness (QED) is 0.908. The first-order valence-electron chi connectivity index (χ1n) is 6.24. The topological polar surface area (TPSA) is 49.4 Å². The third-order valence-electron chi connectivity index (χ3n) is 3.12. The molecule has 1 aliphatic rings. The van der Waals surface area contributed by atoms with E-state index >= 15 is 0 Å². The van der Waals surface area contributed by atoms with E-state index in [4.69, 9.17) is 0 Å². The van der Waals surface area contributed by atoms with Crippen LogP contribution < -0.4 is 5.32 Å². The molecule has 2 rings (SSSR count). The molecule has 1 N–H and O–H groups in total. The Bertz CT molecular complexity index is 538. The molecule has 0 saturated carbocycles. The van der Waals surface area contributed by atoms with Crippen LogP contribution >= 0.6 is 0 Å². The van der Waals surface area contributed by atoms with Crippen LogP contribution in [0.3, 0.4) is 0 Å². The predicted molar refractivity (Wildman–Crippen MR) is 73.3 cm³/mol. The van der Waals surface area contributed by atoms with Crippen LogP contribution in [0.15, 0.2) is 23.1 Å². The number of nitrogens with zero attached hydrogens (tertiary/aromatic N) is 1. The van der Waals surface area contributed by atoms with Gasteiger partial charge in [0.15, 0.2) is 0 Å². The number of sulfonamides is 1. The molecule has 100 valence electrons. The van der Waals surface area contributed by atoms with Gasteiger partial charge < -0.3 is 5.32 Å². The minimum absolute atomic E-state index is 0.317. The molecule has 0 amide bonds. The molecule has 0 spiro atoms. The minimum Gasteiger partial charge on any atom is -0.384 e. The number of nitrogens with one attached hydrogen (secondary N) is 1. The van der Waals surface area contributed by atoms with Gasteiger partial charge in [0.1, 0.15) is 0 Å². The minimum atomic E-state index is -3.36. The van der Waals surface area contributed by atoms with E-state index in [9.17, 15) is 8.42 Å². The molecule has 18 heavy (non-hydrogen) atoms. The highest BCUT2D eigenvalue weighted by Crippen LogP contribution is 2.26. The van der Waals surface area contributed by atoms with Gasteiger partial charge in [-0.1, -0.05) is 19.9 Å². The van der Waals surface area contributed by atoms with Crippen LogP contribution in [0.4, 0.5) is 5.69 Å². The number of rotatable bonds is 4. The SMILES string of the molecule is CC(C)CN(C)S(=O)(=O)c1ccc2c(c1)NCC2. The summed E-state index contributed by atoms with van der Waals surface area (Å²) >= 11 is 0. The molecule has 1 aliphatic heterocycles. The van der Waals surface area contributed by atoms with Crippen LogP contribution in [-0.4, -0.2) is 32.9 Å². The summed E-state index contributed by atoms with van der Waals surface area (Å²) in [4.78, 5) is 0.374. The van der Waals surface area contributed by atoms with E-state index in [0.29, 0.717) is 17.4 Å². The van der Waals surface area contributed by atoms with Crippen molar-refractivity contribution in [2.75, 3.05) is 25.5 Å². The van der Waals surface area contributed by atoms with Crippen molar-refractivity contribution in [3.63, 3.8) is 0 Å². The number of anilines is 1. The second-order valence-electron chi connectivity index (χ2n) is 5.18. The van der Waals surface area contributed by atoms with Crippen LogP contribution in [-0.2, 0) is 16.4 Å². The standard InChI is InChI=1S/C13H20N2O2S/c1-10(2)9-15(3)18(16,17)12-5-4-11-6-7-14-13(11)8-12/h4-5,8,10,14H,6-7,9H2,1-3H3. The summed E-state index contributed by atoms with van der Waals surface area (Å²) in [5, 5.41) is 3.21. The van der Waals surface area contributed by atoms with Crippen LogP contribution in [0.5, 0.6) is 0 Å². The summed E-state index contributed by atoms with van der Waals surface area (Å²) in [6.07, 6.45) is 0.970. The number of hydrogen-bond acceptors (Lipinski definition) is 3. The van der Waals surface area contributed by atoms with Gasteiger partial charge in [0.25, 0.3) is 0 Å². The average molecular weight is 268 g/mol. The van der Waals surface area contributed by atoms with Crippen LogP contribution in [0.2, 0.25) is 0 Å². The Morgan fingerprint density at radius 2 is 2.11 bits per heavy atom. The molecule has 0 bridgehead atoms. The number of hydrogen-bond donors (Lipinski definition) is 1. The van der Waals surface area contributed by atoms with Crippen molar-refractivity contribution in [2.24, 2.45) is 5.92 Å². The molecule has 0 radical (unpaired) electrons. The Morgan fingerprint density at radius 1 is 1.39 bits per heavy atom. The van der Waals surface area contributed by atoms with Gasteiger partial charge in [-0.25, -0.2) is 12.7 Å². The first-order chi connectivity index (χ1) is 8.41. The first kappa shape index (κ1) is 13.4. The normalized spacial score (nSPS) is 14.9. The van der Waals surface area contributed by atoms with Gasteiger partial charge in [0.2, 0.25) is 10.0 Å². The number of benzene rings is 1. The van der Waals surface area contributed by atoms with Crippen molar-refractivity contribution >= 4 is 15.7 Å². The summed E-state index contributed by atoms with van der Waals surface area (Å²) in [6.45, 7) is 5.44. The highest BCUT2D eigenvalue weighted by Gasteiger charge is 2.23. The highest BCUT2D eigenvalue weighted by atomic mass is 32.2. The Labute approximate surface area is 109 Å². The Kier molecular flexibility index (Phi) is 3.64. The molecular weight excluding hydrogens is 248 g/mol. The molecule has 1 aromatic rings. The van der Waals surface area contributed by atoms with Crippen molar-refractivity contribution in [1.82, 2.24) is 4.31 Å². The average Bonchev–Trinajstić information content (AvgIpc) is 2.74. The third-order valence-corrected chi connectivity index (χ3v) is 4.94. The third kappa shape index (κ3) is 2.52. The molecular formula is C13H20N2O2S. The molecule has 0 aromatic heterocycles. The van der Waals surface area contributed by atoms with E-state index in [1.165, 1.54) is 9.87 Å². The van der Waals surface area contributed by atoms with Crippen molar-refractivity contribution in [1.29, 1.82) is 0 Å². The Hall–Kier alpha value is -1.07. The van der Waals surface area contributed by atoms with Gasteiger partial charge in [0.05, 0.1) is 4.90 Å². The smallest absolute Gasteiger partial charge is 0.242 e. The zero-order valence-electron chi connectivity index (χ0n) is 11.1. The van der Waals surface area contributed by atoms with E-state index in [1.54, 1.807) is 19.2 Å². The largest absolute Gasteiger partial charge is 0.384 e. The lowest BCUT2D eigenvalue weighted by Gasteiger charge is -2.19. The fraction of sp³-hybridized carbons (Fsp3) is 0.538. The lowest BCUT2D eigenvalue weighted by molar-refractivity contribution is 0.417. The summed E-state index contributed by atoms with van der Waals surface area (Å²) in [7, 11) is -1.73. The van der Waals surface area contributed by atoms with Gasteiger partial charge in [-0.3, -0.25) is 0 Å². The van der Waals surface area contributed by atoms with Crippen LogP contribution in [0, 0.1) is 5.92 Å². The first-order valence-corrected chi connectivity index (χ1v) is 7.68. The van der Waals surface area contributed by atoms with Gasteiger partial charge in [-0.15, -0.1) is 0 Å². The number of fused-ring (bicyclic) bond motifs is 1. The van der Waals surface area contributed by atoms with Crippen molar-refractivity contribution < 1.29 is 8.42 Å². The van der Waals surface area contributed by atoms with Gasteiger partial charge in [-0.2, -0.15) is 0 Å². The van der Waals surface area contributed by atoms with E-state index in [-0.39, 0.29) is 0 Å².